The largest absolute Gasteiger partial charge is 0.494 e. The van der Waals surface area contributed by atoms with Crippen molar-refractivity contribution in [3.05, 3.63) is 59.4 Å². The molecule has 0 aliphatic heterocycles. The average molecular weight is 355 g/mol. The number of nitrogens with zero attached hydrogens (tertiary/aromatic N) is 2. The zero-order chi connectivity index (χ0) is 18.9. The first kappa shape index (κ1) is 19.8. The van der Waals surface area contributed by atoms with Crippen molar-refractivity contribution in [2.45, 2.75) is 46.2 Å². The number of hydrogen-bond acceptors (Lipinski definition) is 3. The van der Waals surface area contributed by atoms with Crippen LogP contribution in [0.3, 0.4) is 0 Å². The number of aromatic nitrogens is 1. The van der Waals surface area contributed by atoms with Crippen LogP contribution in [0.15, 0.2) is 42.7 Å². The Labute approximate surface area is 156 Å². The summed E-state index contributed by atoms with van der Waals surface area (Å²) in [6.07, 6.45) is 5.38. The molecule has 0 unspecified atom stereocenters. The predicted octanol–water partition coefficient (Wildman–Crippen LogP) is 4.47. The van der Waals surface area contributed by atoms with Crippen molar-refractivity contribution in [2.75, 3.05) is 13.7 Å². The van der Waals surface area contributed by atoms with Crippen molar-refractivity contribution in [2.24, 2.45) is 0 Å². The first-order valence-electron chi connectivity index (χ1n) is 9.19. The molecule has 140 valence electrons. The molecule has 2 rings (SSSR count). The van der Waals surface area contributed by atoms with E-state index in [1.807, 2.05) is 50.5 Å². The van der Waals surface area contributed by atoms with Gasteiger partial charge in [0.1, 0.15) is 5.75 Å². The van der Waals surface area contributed by atoms with Crippen molar-refractivity contribution in [3.63, 3.8) is 0 Å². The van der Waals surface area contributed by atoms with Crippen LogP contribution >= 0.6 is 0 Å². The van der Waals surface area contributed by atoms with Crippen LogP contribution in [0.1, 0.15) is 49.4 Å². The van der Waals surface area contributed by atoms with Gasteiger partial charge in [0.2, 0.25) is 0 Å². The molecule has 1 atom stereocenters. The molecule has 0 radical (unpaired) electrons. The Kier molecular flexibility index (Phi) is 7.45. The third-order valence-electron chi connectivity index (χ3n) is 4.35. The first-order chi connectivity index (χ1) is 12.5. The minimum absolute atomic E-state index is 0.0243. The van der Waals surface area contributed by atoms with E-state index in [0.29, 0.717) is 13.2 Å². The highest BCUT2D eigenvalue weighted by molar-refractivity contribution is 5.74. The lowest BCUT2D eigenvalue weighted by Crippen LogP contribution is -2.39. The molecule has 1 N–H and O–H groups in total. The van der Waals surface area contributed by atoms with Crippen LogP contribution in [-0.2, 0) is 6.54 Å². The maximum Gasteiger partial charge on any atom is 0.317 e. The lowest BCUT2D eigenvalue weighted by Gasteiger charge is -2.24. The van der Waals surface area contributed by atoms with Crippen LogP contribution in [0.2, 0.25) is 0 Å². The second kappa shape index (κ2) is 9.80. The Hall–Kier alpha value is -2.56. The van der Waals surface area contributed by atoms with Gasteiger partial charge in [-0.3, -0.25) is 4.98 Å². The number of amides is 2. The number of urea groups is 1. The van der Waals surface area contributed by atoms with E-state index in [0.717, 1.165) is 35.3 Å². The van der Waals surface area contributed by atoms with Crippen LogP contribution in [0, 0.1) is 6.92 Å². The first-order valence-corrected chi connectivity index (χ1v) is 9.19. The molecule has 0 aliphatic carbocycles. The van der Waals surface area contributed by atoms with Gasteiger partial charge >= 0.3 is 6.03 Å². The predicted molar refractivity (Wildman–Crippen MR) is 104 cm³/mol. The number of carbonyl (C=O) groups excluding carboxylic acids is 1. The van der Waals surface area contributed by atoms with Gasteiger partial charge in [-0.2, -0.15) is 0 Å². The van der Waals surface area contributed by atoms with E-state index in [-0.39, 0.29) is 12.1 Å². The second-order valence-corrected chi connectivity index (χ2v) is 6.49. The van der Waals surface area contributed by atoms with Crippen molar-refractivity contribution in [1.29, 1.82) is 0 Å². The number of ether oxygens (including phenoxy) is 1. The Balaban J connectivity index is 1.97. The fraction of sp³-hybridized carbons (Fsp3) is 0.429. The smallest absolute Gasteiger partial charge is 0.317 e. The lowest BCUT2D eigenvalue weighted by atomic mass is 10.0. The van der Waals surface area contributed by atoms with Gasteiger partial charge in [0.05, 0.1) is 12.6 Å². The number of nitrogens with one attached hydrogen (secondary N) is 1. The summed E-state index contributed by atoms with van der Waals surface area (Å²) in [6.45, 7) is 7.43. The lowest BCUT2D eigenvalue weighted by molar-refractivity contribution is 0.202. The molecule has 0 aliphatic rings. The summed E-state index contributed by atoms with van der Waals surface area (Å²) in [5.74, 6) is 0.863. The van der Waals surface area contributed by atoms with E-state index < -0.39 is 0 Å². The van der Waals surface area contributed by atoms with Crippen molar-refractivity contribution < 1.29 is 9.53 Å². The summed E-state index contributed by atoms with van der Waals surface area (Å²) >= 11 is 0. The molecule has 5 nitrogen and oxygen atoms in total. The third-order valence-corrected chi connectivity index (χ3v) is 4.35. The van der Waals surface area contributed by atoms with E-state index in [2.05, 4.69) is 24.1 Å². The highest BCUT2D eigenvalue weighted by Crippen LogP contribution is 2.21. The zero-order valence-corrected chi connectivity index (χ0v) is 16.2. The summed E-state index contributed by atoms with van der Waals surface area (Å²) in [6, 6.07) is 9.81. The van der Waals surface area contributed by atoms with Crippen molar-refractivity contribution in [3.8, 4) is 5.75 Å². The van der Waals surface area contributed by atoms with Crippen LogP contribution in [0.5, 0.6) is 5.75 Å². The number of aryl methyl sites for hydroxylation is 1. The van der Waals surface area contributed by atoms with E-state index >= 15 is 0 Å². The second-order valence-electron chi connectivity index (χ2n) is 6.49. The molecule has 2 amide bonds. The minimum atomic E-state index is -0.0839. The molecule has 0 spiro atoms. The molecule has 2 aromatic rings. The fourth-order valence-electron chi connectivity index (χ4n) is 2.70. The summed E-state index contributed by atoms with van der Waals surface area (Å²) in [5, 5.41) is 3.12. The molecule has 5 heteroatoms. The molecule has 0 fully saturated rings. The van der Waals surface area contributed by atoms with Crippen molar-refractivity contribution in [1.82, 2.24) is 15.2 Å². The van der Waals surface area contributed by atoms with Crippen LogP contribution < -0.4 is 10.1 Å². The molecule has 0 bridgehead atoms. The number of carbonyl (C=O) groups is 1. The zero-order valence-electron chi connectivity index (χ0n) is 16.2. The molecular weight excluding hydrogens is 326 g/mol. The van der Waals surface area contributed by atoms with Gasteiger partial charge in [-0.1, -0.05) is 26.0 Å². The van der Waals surface area contributed by atoms with Gasteiger partial charge < -0.3 is 15.0 Å². The Morgan fingerprint density at radius 3 is 2.58 bits per heavy atom. The average Bonchev–Trinajstić information content (AvgIpc) is 2.66. The van der Waals surface area contributed by atoms with Crippen LogP contribution in [-0.4, -0.2) is 29.6 Å². The van der Waals surface area contributed by atoms with E-state index in [4.69, 9.17) is 4.74 Å². The highest BCUT2D eigenvalue weighted by atomic mass is 16.5. The van der Waals surface area contributed by atoms with Gasteiger partial charge in [0, 0.05) is 26.0 Å². The SMILES string of the molecule is CCCOc1ccc([C@H](CC)NC(=O)N(C)Cc2ccncc2C)cc1. The molecule has 1 heterocycles. The summed E-state index contributed by atoms with van der Waals surface area (Å²) < 4.78 is 5.62. The highest BCUT2D eigenvalue weighted by Gasteiger charge is 2.16. The Bertz CT molecular complexity index is 701. The number of rotatable bonds is 8. The topological polar surface area (TPSA) is 54.5 Å². The number of hydrogen-bond donors (Lipinski definition) is 1. The van der Waals surface area contributed by atoms with E-state index in [1.165, 1.54) is 0 Å². The fourth-order valence-corrected chi connectivity index (χ4v) is 2.70. The maximum absolute atomic E-state index is 12.6. The van der Waals surface area contributed by atoms with Gasteiger partial charge in [0.15, 0.2) is 0 Å². The third kappa shape index (κ3) is 5.48. The maximum atomic E-state index is 12.6. The summed E-state index contributed by atoms with van der Waals surface area (Å²) in [5.41, 5.74) is 3.27. The van der Waals surface area contributed by atoms with Gasteiger partial charge in [-0.15, -0.1) is 0 Å². The summed E-state index contributed by atoms with van der Waals surface area (Å²) in [7, 11) is 1.81. The van der Waals surface area contributed by atoms with Gasteiger partial charge in [-0.05, 0) is 54.7 Å². The molecule has 0 saturated carbocycles. The quantitative estimate of drug-likeness (QED) is 0.760. The molecule has 1 aromatic heterocycles. The standard InChI is InChI=1S/C21H29N3O2/c1-5-13-26-19-9-7-17(8-10-19)20(6-2)23-21(25)24(4)15-18-11-12-22-14-16(18)3/h7-12,14,20H,5-6,13,15H2,1-4H3,(H,23,25)/t20-/m0/s1. The molecule has 26 heavy (non-hydrogen) atoms. The molecule has 0 saturated heterocycles. The van der Waals surface area contributed by atoms with Gasteiger partial charge in [-0.25, -0.2) is 4.79 Å². The Morgan fingerprint density at radius 2 is 1.96 bits per heavy atom. The number of benzene rings is 1. The van der Waals surface area contributed by atoms with Gasteiger partial charge in [0.25, 0.3) is 0 Å². The van der Waals surface area contributed by atoms with Crippen molar-refractivity contribution >= 4 is 6.03 Å². The normalized spacial score (nSPS) is 11.7. The number of pyridine rings is 1. The molecule has 1 aromatic carbocycles. The Morgan fingerprint density at radius 1 is 1.23 bits per heavy atom. The molecular formula is C21H29N3O2. The van der Waals surface area contributed by atoms with E-state index in [9.17, 15) is 4.79 Å². The van der Waals surface area contributed by atoms with E-state index in [1.54, 1.807) is 11.1 Å². The minimum Gasteiger partial charge on any atom is -0.494 e. The summed E-state index contributed by atoms with van der Waals surface area (Å²) in [4.78, 5) is 18.4. The van der Waals surface area contributed by atoms with Crippen LogP contribution in [0.25, 0.3) is 0 Å². The van der Waals surface area contributed by atoms with Crippen LogP contribution in [0.4, 0.5) is 4.79 Å². The monoisotopic (exact) mass is 355 g/mol.